The molecule has 2 heterocycles. The van der Waals surface area contributed by atoms with Crippen LogP contribution in [0.2, 0.25) is 0 Å². The second-order valence-corrected chi connectivity index (χ2v) is 5.21. The third-order valence-corrected chi connectivity index (χ3v) is 3.86. The van der Waals surface area contributed by atoms with Crippen LogP contribution in [-0.4, -0.2) is 28.7 Å². The Bertz CT molecular complexity index is 629. The van der Waals surface area contributed by atoms with Crippen molar-refractivity contribution in [2.24, 2.45) is 0 Å². The van der Waals surface area contributed by atoms with Crippen molar-refractivity contribution in [2.45, 2.75) is 6.42 Å². The molecule has 0 spiro atoms. The summed E-state index contributed by atoms with van der Waals surface area (Å²) in [6.45, 7) is 0.924. The zero-order valence-electron chi connectivity index (χ0n) is 10.2. The normalized spacial score (nSPS) is 10.9. The number of para-hydroxylation sites is 1. The van der Waals surface area contributed by atoms with Crippen LogP contribution < -0.4 is 5.01 Å². The van der Waals surface area contributed by atoms with Gasteiger partial charge in [0.2, 0.25) is 0 Å². The average Bonchev–Trinajstić information content (AvgIpc) is 3.05. The number of aromatic nitrogens is 3. The summed E-state index contributed by atoms with van der Waals surface area (Å²) in [5.41, 5.74) is 1.98. The van der Waals surface area contributed by atoms with Gasteiger partial charge in [-0.25, -0.2) is 0 Å². The summed E-state index contributed by atoms with van der Waals surface area (Å²) in [4.78, 5) is 3.26. The summed E-state index contributed by atoms with van der Waals surface area (Å²) < 4.78 is 0. The molecule has 0 bridgehead atoms. The van der Waals surface area contributed by atoms with Crippen LogP contribution in [0.5, 0.6) is 0 Å². The van der Waals surface area contributed by atoms with E-state index in [1.807, 2.05) is 36.1 Å². The maximum Gasteiger partial charge on any atom is 0.115 e. The lowest BCUT2D eigenvalue weighted by Gasteiger charge is -2.18. The van der Waals surface area contributed by atoms with Gasteiger partial charge in [0.25, 0.3) is 0 Å². The number of benzene rings is 1. The average molecular weight is 258 g/mol. The zero-order chi connectivity index (χ0) is 12.4. The van der Waals surface area contributed by atoms with Crippen molar-refractivity contribution < 1.29 is 0 Å². The molecule has 2 aromatic heterocycles. The highest BCUT2D eigenvalue weighted by molar-refractivity contribution is 7.09. The predicted molar refractivity (Wildman–Crippen MR) is 74.6 cm³/mol. The summed E-state index contributed by atoms with van der Waals surface area (Å²) in [5, 5.41) is 12.6. The molecule has 0 N–H and O–H groups in total. The Morgan fingerprint density at radius 2 is 2.11 bits per heavy atom. The molecule has 3 rings (SSSR count). The molecule has 18 heavy (non-hydrogen) atoms. The lowest BCUT2D eigenvalue weighted by molar-refractivity contribution is 0.576. The number of hydrogen-bond acceptors (Lipinski definition) is 4. The molecule has 5 heteroatoms. The summed E-state index contributed by atoms with van der Waals surface area (Å²) in [5.74, 6) is 0. The summed E-state index contributed by atoms with van der Waals surface area (Å²) in [6, 6.07) is 12.3. The van der Waals surface area contributed by atoms with Crippen LogP contribution in [0.15, 0.2) is 41.8 Å². The van der Waals surface area contributed by atoms with Gasteiger partial charge in [-0.15, -0.1) is 16.4 Å². The van der Waals surface area contributed by atoms with Gasteiger partial charge >= 0.3 is 0 Å². The lowest BCUT2D eigenvalue weighted by atomic mass is 10.3. The first kappa shape index (κ1) is 11.2. The number of fused-ring (bicyclic) bond motifs is 1. The minimum absolute atomic E-state index is 0.924. The SMILES string of the molecule is CN(CCc1cccs1)n1nnc2ccccc21. The number of hydrogen-bond donors (Lipinski definition) is 0. The van der Waals surface area contributed by atoms with E-state index in [4.69, 9.17) is 0 Å². The number of nitrogens with zero attached hydrogens (tertiary/aromatic N) is 4. The minimum atomic E-state index is 0.924. The van der Waals surface area contributed by atoms with Gasteiger partial charge in [0, 0.05) is 24.9 Å². The van der Waals surface area contributed by atoms with Crippen LogP contribution in [0.1, 0.15) is 4.88 Å². The third-order valence-electron chi connectivity index (χ3n) is 2.92. The van der Waals surface area contributed by atoms with Gasteiger partial charge in [0.1, 0.15) is 11.0 Å². The molecule has 0 unspecified atom stereocenters. The molecule has 0 saturated heterocycles. The smallest absolute Gasteiger partial charge is 0.115 e. The topological polar surface area (TPSA) is 34.0 Å². The Kier molecular flexibility index (Phi) is 2.98. The van der Waals surface area contributed by atoms with Crippen molar-refractivity contribution in [3.8, 4) is 0 Å². The van der Waals surface area contributed by atoms with E-state index in [2.05, 4.69) is 32.8 Å². The fraction of sp³-hybridized carbons (Fsp3) is 0.231. The molecule has 0 atom stereocenters. The second kappa shape index (κ2) is 4.78. The van der Waals surface area contributed by atoms with Crippen molar-refractivity contribution >= 4 is 22.4 Å². The predicted octanol–water partition coefficient (Wildman–Crippen LogP) is 2.30. The number of thiophene rings is 1. The van der Waals surface area contributed by atoms with Crippen molar-refractivity contribution in [3.05, 3.63) is 46.7 Å². The van der Waals surface area contributed by atoms with Crippen molar-refractivity contribution in [1.82, 2.24) is 15.1 Å². The van der Waals surface area contributed by atoms with E-state index >= 15 is 0 Å². The Balaban J connectivity index is 1.77. The summed E-state index contributed by atoms with van der Waals surface area (Å²) in [7, 11) is 2.04. The molecule has 92 valence electrons. The van der Waals surface area contributed by atoms with Crippen molar-refractivity contribution in [2.75, 3.05) is 18.6 Å². The van der Waals surface area contributed by atoms with Crippen LogP contribution >= 0.6 is 11.3 Å². The van der Waals surface area contributed by atoms with Crippen LogP contribution in [0.25, 0.3) is 11.0 Å². The summed E-state index contributed by atoms with van der Waals surface area (Å²) >= 11 is 1.79. The lowest BCUT2D eigenvalue weighted by Crippen LogP contribution is -2.33. The van der Waals surface area contributed by atoms with Crippen molar-refractivity contribution in [1.29, 1.82) is 0 Å². The monoisotopic (exact) mass is 258 g/mol. The Labute approximate surface area is 109 Å². The molecule has 0 amide bonds. The van der Waals surface area contributed by atoms with Gasteiger partial charge in [-0.2, -0.15) is 4.79 Å². The van der Waals surface area contributed by atoms with E-state index in [1.165, 1.54) is 4.88 Å². The fourth-order valence-electron chi connectivity index (χ4n) is 1.93. The fourth-order valence-corrected chi connectivity index (χ4v) is 2.63. The molecule has 0 aliphatic heterocycles. The van der Waals surface area contributed by atoms with Gasteiger partial charge < -0.3 is 0 Å². The van der Waals surface area contributed by atoms with Gasteiger partial charge in [-0.05, 0) is 28.8 Å². The first-order chi connectivity index (χ1) is 8.84. The number of rotatable bonds is 4. The first-order valence-corrected chi connectivity index (χ1v) is 6.77. The molecule has 4 nitrogen and oxygen atoms in total. The molecule has 0 fully saturated rings. The van der Waals surface area contributed by atoms with E-state index < -0.39 is 0 Å². The molecular formula is C13H14N4S. The van der Waals surface area contributed by atoms with Gasteiger partial charge in [0.05, 0.1) is 0 Å². The Hall–Kier alpha value is -1.88. The standard InChI is InChI=1S/C13H14N4S/c1-16(9-8-11-5-4-10-18-11)17-13-7-3-2-6-12(13)14-15-17/h2-7,10H,8-9H2,1H3. The van der Waals surface area contributed by atoms with Gasteiger partial charge in [0.15, 0.2) is 0 Å². The Morgan fingerprint density at radius 1 is 1.22 bits per heavy atom. The highest BCUT2D eigenvalue weighted by atomic mass is 32.1. The van der Waals surface area contributed by atoms with E-state index in [0.717, 1.165) is 24.0 Å². The zero-order valence-corrected chi connectivity index (χ0v) is 11.0. The van der Waals surface area contributed by atoms with E-state index in [0.29, 0.717) is 0 Å². The second-order valence-electron chi connectivity index (χ2n) is 4.18. The molecule has 0 aliphatic carbocycles. The number of likely N-dealkylation sites (N-methyl/N-ethyl adjacent to an activating group) is 1. The molecular weight excluding hydrogens is 244 g/mol. The van der Waals surface area contributed by atoms with Crippen LogP contribution in [0.4, 0.5) is 0 Å². The van der Waals surface area contributed by atoms with Gasteiger partial charge in [-0.3, -0.25) is 5.01 Å². The first-order valence-electron chi connectivity index (χ1n) is 5.89. The maximum atomic E-state index is 4.19. The minimum Gasteiger partial charge on any atom is -0.298 e. The third kappa shape index (κ3) is 2.09. The molecule has 3 aromatic rings. The maximum absolute atomic E-state index is 4.19. The van der Waals surface area contributed by atoms with Crippen LogP contribution in [0, 0.1) is 0 Å². The largest absolute Gasteiger partial charge is 0.298 e. The Morgan fingerprint density at radius 3 is 2.94 bits per heavy atom. The summed E-state index contributed by atoms with van der Waals surface area (Å²) in [6.07, 6.45) is 1.03. The van der Waals surface area contributed by atoms with E-state index in [9.17, 15) is 0 Å². The van der Waals surface area contributed by atoms with Crippen LogP contribution in [-0.2, 0) is 6.42 Å². The van der Waals surface area contributed by atoms with E-state index in [-0.39, 0.29) is 0 Å². The molecule has 0 radical (unpaired) electrons. The van der Waals surface area contributed by atoms with Crippen molar-refractivity contribution in [3.63, 3.8) is 0 Å². The molecule has 1 aromatic carbocycles. The highest BCUT2D eigenvalue weighted by Crippen LogP contribution is 2.12. The molecule has 0 saturated carbocycles. The van der Waals surface area contributed by atoms with E-state index in [1.54, 1.807) is 11.3 Å². The molecule has 0 aliphatic rings. The quantitative estimate of drug-likeness (QED) is 0.720. The van der Waals surface area contributed by atoms with Crippen LogP contribution in [0.3, 0.4) is 0 Å². The highest BCUT2D eigenvalue weighted by Gasteiger charge is 2.07. The van der Waals surface area contributed by atoms with Gasteiger partial charge in [-0.1, -0.05) is 18.2 Å².